The van der Waals surface area contributed by atoms with Crippen molar-refractivity contribution in [2.45, 2.75) is 60.1 Å². The first kappa shape index (κ1) is 24.3. The van der Waals surface area contributed by atoms with Gasteiger partial charge in [0, 0.05) is 6.42 Å². The number of rotatable bonds is 9. The summed E-state index contributed by atoms with van der Waals surface area (Å²) < 4.78 is 10.7. The molecule has 2 N–H and O–H groups in total. The van der Waals surface area contributed by atoms with Crippen LogP contribution in [0.15, 0.2) is 36.4 Å². The van der Waals surface area contributed by atoms with Crippen molar-refractivity contribution in [3.63, 3.8) is 0 Å². The van der Waals surface area contributed by atoms with Crippen LogP contribution in [0.5, 0.6) is 11.5 Å². The Morgan fingerprint density at radius 1 is 1.06 bits per heavy atom. The van der Waals surface area contributed by atoms with E-state index in [2.05, 4.69) is 31.3 Å². The number of hydrogen-bond donors (Lipinski definition) is 2. The number of esters is 1. The van der Waals surface area contributed by atoms with E-state index in [0.717, 1.165) is 5.56 Å². The molecule has 0 aliphatic rings. The Labute approximate surface area is 184 Å². The number of nitrogens with one attached hydrogen (secondary N) is 1. The predicted molar refractivity (Wildman–Crippen MR) is 120 cm³/mol. The summed E-state index contributed by atoms with van der Waals surface area (Å²) in [5, 5.41) is 12.4. The molecule has 0 spiro atoms. The number of methoxy groups -OCH3 is 1. The first-order chi connectivity index (χ1) is 14.6. The highest BCUT2D eigenvalue weighted by molar-refractivity contribution is 5.80. The van der Waals surface area contributed by atoms with Crippen molar-refractivity contribution >= 4 is 11.9 Å². The lowest BCUT2D eigenvalue weighted by Crippen LogP contribution is -2.42. The van der Waals surface area contributed by atoms with E-state index in [1.807, 2.05) is 26.8 Å². The highest BCUT2D eigenvalue weighted by atomic mass is 16.6. The van der Waals surface area contributed by atoms with Crippen LogP contribution in [-0.2, 0) is 27.2 Å². The first-order valence-corrected chi connectivity index (χ1v) is 10.5. The predicted octanol–water partition coefficient (Wildman–Crippen LogP) is 4.22. The highest BCUT2D eigenvalue weighted by Gasteiger charge is 2.32. The van der Waals surface area contributed by atoms with Crippen LogP contribution in [0, 0.1) is 19.3 Å². The third-order valence-corrected chi connectivity index (χ3v) is 5.32. The summed E-state index contributed by atoms with van der Waals surface area (Å²) in [6.07, 6.45) is 0.371. The number of carbonyl (C=O) groups excluding carboxylic acids is 2. The van der Waals surface area contributed by atoms with Crippen LogP contribution in [0.4, 0.5) is 0 Å². The van der Waals surface area contributed by atoms with Gasteiger partial charge in [-0.3, -0.25) is 9.59 Å². The molecule has 1 amide bonds. The molecular formula is C25H33NO5. The first-order valence-electron chi connectivity index (χ1n) is 10.5. The Bertz CT molecular complexity index is 936. The summed E-state index contributed by atoms with van der Waals surface area (Å²) >= 11 is 0. The average Bonchev–Trinajstić information content (AvgIpc) is 2.71. The van der Waals surface area contributed by atoms with E-state index < -0.39 is 11.6 Å². The molecule has 0 aliphatic heterocycles. The second kappa shape index (κ2) is 10.3. The minimum atomic E-state index is -0.732. The van der Waals surface area contributed by atoms with Crippen molar-refractivity contribution in [2.24, 2.45) is 5.41 Å². The number of phenols is 1. The quantitative estimate of drug-likeness (QED) is 0.462. The molecule has 2 aromatic rings. The maximum atomic E-state index is 12.8. The van der Waals surface area contributed by atoms with Gasteiger partial charge in [0.2, 0.25) is 5.91 Å². The normalized spacial score (nSPS) is 12.2. The zero-order chi connectivity index (χ0) is 23.2. The average molecular weight is 428 g/mol. The fraction of sp³-hybridized carbons (Fsp3) is 0.440. The number of carbonyl (C=O) groups is 2. The Kier molecular flexibility index (Phi) is 8.08. The lowest BCUT2D eigenvalue weighted by atomic mass is 9.85. The summed E-state index contributed by atoms with van der Waals surface area (Å²) in [6, 6.07) is 10.9. The Balaban J connectivity index is 1.98. The Morgan fingerprint density at radius 3 is 2.35 bits per heavy atom. The number of phenolic OH excluding ortho intramolecular Hbond substituents is 1. The number of amides is 1. The second-order valence-corrected chi connectivity index (χ2v) is 8.53. The van der Waals surface area contributed by atoms with Crippen LogP contribution in [0.3, 0.4) is 0 Å². The van der Waals surface area contributed by atoms with E-state index in [9.17, 15) is 14.7 Å². The third kappa shape index (κ3) is 6.74. The van der Waals surface area contributed by atoms with Gasteiger partial charge in [0.1, 0.15) is 0 Å². The molecule has 168 valence electrons. The van der Waals surface area contributed by atoms with Crippen LogP contribution in [-0.4, -0.2) is 30.3 Å². The largest absolute Gasteiger partial charge is 0.504 e. The van der Waals surface area contributed by atoms with Crippen molar-refractivity contribution < 1.29 is 24.2 Å². The molecule has 6 heteroatoms. The zero-order valence-corrected chi connectivity index (χ0v) is 19.2. The van der Waals surface area contributed by atoms with Gasteiger partial charge in [-0.25, -0.2) is 0 Å². The molecule has 0 aromatic heterocycles. The molecule has 1 unspecified atom stereocenters. The maximum absolute atomic E-state index is 12.8. The molecule has 2 rings (SSSR count). The van der Waals surface area contributed by atoms with E-state index in [4.69, 9.17) is 9.47 Å². The van der Waals surface area contributed by atoms with Crippen molar-refractivity contribution in [2.75, 3.05) is 7.11 Å². The van der Waals surface area contributed by atoms with Crippen LogP contribution in [0.25, 0.3) is 0 Å². The van der Waals surface area contributed by atoms with E-state index in [0.29, 0.717) is 24.2 Å². The molecule has 0 radical (unpaired) electrons. The summed E-state index contributed by atoms with van der Waals surface area (Å²) in [4.78, 5) is 25.3. The van der Waals surface area contributed by atoms with Gasteiger partial charge >= 0.3 is 5.97 Å². The molecule has 31 heavy (non-hydrogen) atoms. The monoisotopic (exact) mass is 427 g/mol. The summed E-state index contributed by atoms with van der Waals surface area (Å²) in [5.74, 6) is -0.321. The van der Waals surface area contributed by atoms with Crippen LogP contribution in [0.2, 0.25) is 0 Å². The summed E-state index contributed by atoms with van der Waals surface area (Å²) in [5.41, 5.74) is 3.42. The minimum absolute atomic E-state index is 0.0121. The fourth-order valence-corrected chi connectivity index (χ4v) is 3.25. The fourth-order valence-electron chi connectivity index (χ4n) is 3.25. The van der Waals surface area contributed by atoms with Crippen molar-refractivity contribution in [1.29, 1.82) is 0 Å². The number of benzene rings is 2. The molecular weight excluding hydrogens is 394 g/mol. The SMILES string of the molecule is CCC(NC(=O)Cc1ccc(O)c(OC)c1)OC(=O)C(C)(C)Cc1ccc(C)c(C)c1. The van der Waals surface area contributed by atoms with Crippen LogP contribution >= 0.6 is 0 Å². The van der Waals surface area contributed by atoms with Gasteiger partial charge in [0.05, 0.1) is 18.9 Å². The molecule has 0 aliphatic carbocycles. The Hall–Kier alpha value is -3.02. The molecule has 0 saturated heterocycles. The molecule has 6 nitrogen and oxygen atoms in total. The van der Waals surface area contributed by atoms with Crippen molar-refractivity contribution in [3.8, 4) is 11.5 Å². The van der Waals surface area contributed by atoms with Crippen LogP contribution in [0.1, 0.15) is 49.4 Å². The number of ether oxygens (including phenoxy) is 2. The van der Waals surface area contributed by atoms with E-state index in [1.165, 1.54) is 24.3 Å². The smallest absolute Gasteiger partial charge is 0.313 e. The lowest BCUT2D eigenvalue weighted by molar-refractivity contribution is -0.162. The van der Waals surface area contributed by atoms with Gasteiger partial charge in [-0.15, -0.1) is 0 Å². The molecule has 2 aromatic carbocycles. The van der Waals surface area contributed by atoms with Gasteiger partial charge in [-0.2, -0.15) is 0 Å². The third-order valence-electron chi connectivity index (χ3n) is 5.32. The summed E-state index contributed by atoms with van der Waals surface area (Å²) in [6.45, 7) is 9.65. The van der Waals surface area contributed by atoms with Crippen molar-refractivity contribution in [3.05, 3.63) is 58.7 Å². The summed E-state index contributed by atoms with van der Waals surface area (Å²) in [7, 11) is 1.45. The number of hydrogen-bond acceptors (Lipinski definition) is 5. The van der Waals surface area contributed by atoms with E-state index >= 15 is 0 Å². The molecule has 0 bridgehead atoms. The van der Waals surface area contributed by atoms with Crippen LogP contribution < -0.4 is 10.1 Å². The van der Waals surface area contributed by atoms with Gasteiger partial charge in [0.25, 0.3) is 0 Å². The second-order valence-electron chi connectivity index (χ2n) is 8.53. The van der Waals surface area contributed by atoms with Gasteiger partial charge < -0.3 is 19.9 Å². The topological polar surface area (TPSA) is 84.9 Å². The molecule has 1 atom stereocenters. The van der Waals surface area contributed by atoms with E-state index in [1.54, 1.807) is 12.1 Å². The molecule has 0 heterocycles. The van der Waals surface area contributed by atoms with E-state index in [-0.39, 0.29) is 24.0 Å². The standard InChI is InChI=1S/C25H33NO5/c1-7-23(26-22(28)14-18-10-11-20(27)21(13-18)30-6)31-24(29)25(4,5)15-19-9-8-16(2)17(3)12-19/h8-13,23,27H,7,14-15H2,1-6H3,(H,26,28). The zero-order valence-electron chi connectivity index (χ0n) is 19.2. The van der Waals surface area contributed by atoms with Gasteiger partial charge in [-0.1, -0.05) is 31.2 Å². The van der Waals surface area contributed by atoms with Crippen molar-refractivity contribution in [1.82, 2.24) is 5.32 Å². The van der Waals surface area contributed by atoms with Gasteiger partial charge in [0.15, 0.2) is 17.7 Å². The lowest BCUT2D eigenvalue weighted by Gasteiger charge is -2.27. The number of aryl methyl sites for hydroxylation is 2. The van der Waals surface area contributed by atoms with Gasteiger partial charge in [-0.05, 0) is 68.5 Å². The highest BCUT2D eigenvalue weighted by Crippen LogP contribution is 2.27. The minimum Gasteiger partial charge on any atom is -0.504 e. The maximum Gasteiger partial charge on any atom is 0.313 e. The molecule has 0 fully saturated rings. The molecule has 0 saturated carbocycles. The Morgan fingerprint density at radius 2 is 1.74 bits per heavy atom. The number of aromatic hydroxyl groups is 1.